The Labute approximate surface area is 166 Å². The largest absolute Gasteiger partial charge is 0.340 e. The highest BCUT2D eigenvalue weighted by Gasteiger charge is 2.51. The maximum absolute atomic E-state index is 12.5. The van der Waals surface area contributed by atoms with Crippen molar-refractivity contribution in [1.29, 1.82) is 0 Å². The van der Waals surface area contributed by atoms with E-state index in [4.69, 9.17) is 9.97 Å². The Morgan fingerprint density at radius 3 is 2.57 bits per heavy atom. The van der Waals surface area contributed by atoms with E-state index in [0.29, 0.717) is 12.5 Å². The van der Waals surface area contributed by atoms with Crippen LogP contribution in [0.4, 0.5) is 5.95 Å². The lowest BCUT2D eigenvalue weighted by Gasteiger charge is -2.28. The molecule has 2 aliphatic heterocycles. The van der Waals surface area contributed by atoms with Gasteiger partial charge >= 0.3 is 0 Å². The molecule has 0 amide bonds. The van der Waals surface area contributed by atoms with E-state index in [-0.39, 0.29) is 12.0 Å². The van der Waals surface area contributed by atoms with Crippen LogP contribution in [-0.2, 0) is 22.9 Å². The summed E-state index contributed by atoms with van der Waals surface area (Å²) in [5.41, 5.74) is 4.71. The summed E-state index contributed by atoms with van der Waals surface area (Å²) in [6.07, 6.45) is 4.63. The molecule has 7 heteroatoms. The highest BCUT2D eigenvalue weighted by Crippen LogP contribution is 2.46. The monoisotopic (exact) mass is 398 g/mol. The third kappa shape index (κ3) is 2.92. The van der Waals surface area contributed by atoms with Crippen LogP contribution in [0.1, 0.15) is 35.0 Å². The van der Waals surface area contributed by atoms with Gasteiger partial charge in [0, 0.05) is 36.9 Å². The predicted molar refractivity (Wildman–Crippen MR) is 109 cm³/mol. The zero-order valence-electron chi connectivity index (χ0n) is 16.4. The lowest BCUT2D eigenvalue weighted by atomic mass is 9.90. The number of aromatic nitrogens is 2. The fourth-order valence-corrected chi connectivity index (χ4v) is 6.47. The maximum atomic E-state index is 12.5. The Kier molecular flexibility index (Phi) is 4.21. The molecule has 2 aromatic rings. The SMILES string of the molecule is Cc1nc(N2C[C@@H]3CN(S(C)(=O)=O)[C@@H](c4ccccc4)[C@@H]3C2)nc2c1CCC2. The second-order valence-corrected chi connectivity index (χ2v) is 10.3. The van der Waals surface area contributed by atoms with Crippen LogP contribution in [0.15, 0.2) is 30.3 Å². The molecule has 0 saturated carbocycles. The van der Waals surface area contributed by atoms with Crippen LogP contribution < -0.4 is 4.90 Å². The number of fused-ring (bicyclic) bond motifs is 2. The first-order chi connectivity index (χ1) is 13.4. The predicted octanol–water partition coefficient (Wildman–Crippen LogP) is 2.34. The molecule has 0 N–H and O–H groups in total. The summed E-state index contributed by atoms with van der Waals surface area (Å²) in [5.74, 6) is 1.39. The van der Waals surface area contributed by atoms with Gasteiger partial charge in [-0.3, -0.25) is 0 Å². The summed E-state index contributed by atoms with van der Waals surface area (Å²) in [6, 6.07) is 9.93. The quantitative estimate of drug-likeness (QED) is 0.794. The van der Waals surface area contributed by atoms with Crippen LogP contribution in [0.3, 0.4) is 0 Å². The molecule has 148 valence electrons. The van der Waals surface area contributed by atoms with Gasteiger partial charge < -0.3 is 4.90 Å². The number of aryl methyl sites for hydroxylation is 2. The van der Waals surface area contributed by atoms with E-state index in [9.17, 15) is 8.42 Å². The number of anilines is 1. The summed E-state index contributed by atoms with van der Waals surface area (Å²) in [6.45, 7) is 4.28. The van der Waals surface area contributed by atoms with Crippen LogP contribution in [0.2, 0.25) is 0 Å². The van der Waals surface area contributed by atoms with Crippen molar-refractivity contribution in [3.63, 3.8) is 0 Å². The number of sulfonamides is 1. The van der Waals surface area contributed by atoms with Crippen molar-refractivity contribution < 1.29 is 8.42 Å². The zero-order chi connectivity index (χ0) is 19.5. The number of benzene rings is 1. The van der Waals surface area contributed by atoms with Gasteiger partial charge in [0.05, 0.1) is 12.3 Å². The Hall–Kier alpha value is -1.99. The fraction of sp³-hybridized carbons (Fsp3) is 0.524. The first-order valence-electron chi connectivity index (χ1n) is 10.0. The van der Waals surface area contributed by atoms with Crippen LogP contribution in [0.25, 0.3) is 0 Å². The van der Waals surface area contributed by atoms with Gasteiger partial charge in [-0.2, -0.15) is 4.31 Å². The Balaban J connectivity index is 1.47. The van der Waals surface area contributed by atoms with E-state index < -0.39 is 10.0 Å². The van der Waals surface area contributed by atoms with E-state index in [1.54, 1.807) is 4.31 Å². The molecule has 1 aromatic carbocycles. The lowest BCUT2D eigenvalue weighted by Crippen LogP contribution is -2.35. The summed E-state index contributed by atoms with van der Waals surface area (Å²) in [5, 5.41) is 0. The third-order valence-corrected chi connectivity index (χ3v) is 7.83. The maximum Gasteiger partial charge on any atom is 0.225 e. The molecule has 0 radical (unpaired) electrons. The second-order valence-electron chi connectivity index (χ2n) is 8.40. The van der Waals surface area contributed by atoms with E-state index in [2.05, 4.69) is 11.8 Å². The van der Waals surface area contributed by atoms with E-state index in [0.717, 1.165) is 43.1 Å². The van der Waals surface area contributed by atoms with Gasteiger partial charge in [-0.05, 0) is 43.2 Å². The second kappa shape index (κ2) is 6.52. The van der Waals surface area contributed by atoms with Crippen LogP contribution >= 0.6 is 0 Å². The van der Waals surface area contributed by atoms with E-state index >= 15 is 0 Å². The first-order valence-corrected chi connectivity index (χ1v) is 11.9. The molecular formula is C21H26N4O2S. The van der Waals surface area contributed by atoms with E-state index in [1.165, 1.54) is 23.9 Å². The Morgan fingerprint density at radius 2 is 1.82 bits per heavy atom. The molecule has 3 heterocycles. The van der Waals surface area contributed by atoms with Crippen molar-refractivity contribution in [3.05, 3.63) is 52.8 Å². The molecule has 0 bridgehead atoms. The summed E-state index contributed by atoms with van der Waals surface area (Å²) >= 11 is 0. The first kappa shape index (κ1) is 18.1. The standard InChI is InChI=1S/C21H26N4O2S/c1-14-17-9-6-10-19(17)23-21(22-14)24-11-16-12-25(28(2,26)27)20(18(16)13-24)15-7-4-3-5-8-15/h3-5,7-8,16,18,20H,6,9-13H2,1-2H3/t16-,18-,20+/m1/s1. The lowest BCUT2D eigenvalue weighted by molar-refractivity contribution is 0.351. The molecule has 1 aromatic heterocycles. The third-order valence-electron chi connectivity index (χ3n) is 6.60. The van der Waals surface area contributed by atoms with Crippen molar-refractivity contribution in [2.45, 2.75) is 32.2 Å². The van der Waals surface area contributed by atoms with Crippen molar-refractivity contribution in [3.8, 4) is 0 Å². The molecule has 2 saturated heterocycles. The minimum Gasteiger partial charge on any atom is -0.340 e. The summed E-state index contributed by atoms with van der Waals surface area (Å²) in [7, 11) is -3.26. The number of rotatable bonds is 3. The normalized spacial score (nSPS) is 27.2. The highest BCUT2D eigenvalue weighted by atomic mass is 32.2. The zero-order valence-corrected chi connectivity index (χ0v) is 17.2. The van der Waals surface area contributed by atoms with Gasteiger partial charge in [-0.25, -0.2) is 18.4 Å². The molecular weight excluding hydrogens is 372 g/mol. The molecule has 3 aliphatic rings. The van der Waals surface area contributed by atoms with E-state index in [1.807, 2.05) is 30.3 Å². The van der Waals surface area contributed by atoms with Crippen LogP contribution in [-0.4, -0.2) is 48.6 Å². The molecule has 3 atom stereocenters. The van der Waals surface area contributed by atoms with Crippen LogP contribution in [0, 0.1) is 18.8 Å². The molecule has 2 fully saturated rings. The highest BCUT2D eigenvalue weighted by molar-refractivity contribution is 7.88. The molecule has 5 rings (SSSR count). The van der Waals surface area contributed by atoms with Gasteiger partial charge in [0.2, 0.25) is 16.0 Å². The van der Waals surface area contributed by atoms with Gasteiger partial charge in [0.15, 0.2) is 0 Å². The van der Waals surface area contributed by atoms with Crippen molar-refractivity contribution in [1.82, 2.24) is 14.3 Å². The molecule has 28 heavy (non-hydrogen) atoms. The topological polar surface area (TPSA) is 66.4 Å². The average molecular weight is 399 g/mol. The van der Waals surface area contributed by atoms with Crippen molar-refractivity contribution in [2.75, 3.05) is 30.8 Å². The van der Waals surface area contributed by atoms with Gasteiger partial charge in [0.25, 0.3) is 0 Å². The smallest absolute Gasteiger partial charge is 0.225 e. The summed E-state index contributed by atoms with van der Waals surface area (Å²) < 4.78 is 26.6. The number of hydrogen-bond acceptors (Lipinski definition) is 5. The molecule has 1 aliphatic carbocycles. The Bertz CT molecular complexity index is 1010. The fourth-order valence-electron chi connectivity index (χ4n) is 5.32. The minimum atomic E-state index is -3.26. The minimum absolute atomic E-state index is 0.110. The number of nitrogens with zero attached hydrogens (tertiary/aromatic N) is 4. The van der Waals surface area contributed by atoms with Gasteiger partial charge in [-0.1, -0.05) is 30.3 Å². The number of hydrogen-bond donors (Lipinski definition) is 0. The molecule has 6 nitrogen and oxygen atoms in total. The summed E-state index contributed by atoms with van der Waals surface area (Å²) in [4.78, 5) is 11.9. The van der Waals surface area contributed by atoms with Gasteiger partial charge in [0.1, 0.15) is 0 Å². The van der Waals surface area contributed by atoms with Crippen molar-refractivity contribution >= 4 is 16.0 Å². The molecule has 0 unspecified atom stereocenters. The van der Waals surface area contributed by atoms with Crippen LogP contribution in [0.5, 0.6) is 0 Å². The average Bonchev–Trinajstić information content (AvgIpc) is 3.35. The molecule has 0 spiro atoms. The van der Waals surface area contributed by atoms with Gasteiger partial charge in [-0.15, -0.1) is 0 Å². The Morgan fingerprint density at radius 1 is 1.04 bits per heavy atom. The van der Waals surface area contributed by atoms with Crippen molar-refractivity contribution in [2.24, 2.45) is 11.8 Å².